The van der Waals surface area contributed by atoms with Crippen LogP contribution < -0.4 is 10.2 Å². The van der Waals surface area contributed by atoms with Crippen molar-refractivity contribution < 1.29 is 22.7 Å². The molecule has 1 N–H and O–H groups in total. The predicted octanol–water partition coefficient (Wildman–Crippen LogP) is 5.43. The van der Waals surface area contributed by atoms with Crippen molar-refractivity contribution >= 4 is 39.8 Å². The number of hydrogen-bond donors (Lipinski definition) is 1. The van der Waals surface area contributed by atoms with Gasteiger partial charge in [-0.1, -0.05) is 30.3 Å². The molecule has 0 saturated carbocycles. The van der Waals surface area contributed by atoms with Crippen LogP contribution in [0.25, 0.3) is 10.8 Å². The Morgan fingerprint density at radius 1 is 1.00 bits per heavy atom. The number of rotatable bonds is 5. The van der Waals surface area contributed by atoms with Gasteiger partial charge in [0.25, 0.3) is 0 Å². The number of ether oxygens (including phenoxy) is 1. The van der Waals surface area contributed by atoms with E-state index in [1.807, 2.05) is 47.4 Å². The second kappa shape index (κ2) is 9.20. The molecule has 4 nitrogen and oxygen atoms in total. The first-order valence-electron chi connectivity index (χ1n) is 9.85. The highest BCUT2D eigenvalue weighted by molar-refractivity contribution is 8.00. The highest BCUT2D eigenvalue weighted by atomic mass is 32.2. The van der Waals surface area contributed by atoms with Gasteiger partial charge in [-0.25, -0.2) is 0 Å². The monoisotopic (exact) mass is 446 g/mol. The number of halogens is 3. The van der Waals surface area contributed by atoms with Crippen LogP contribution in [0, 0.1) is 0 Å². The lowest BCUT2D eigenvalue weighted by molar-refractivity contribution is -0.136. The molecule has 3 aromatic carbocycles. The first-order chi connectivity index (χ1) is 14.9. The molecule has 1 amide bonds. The Hall–Kier alpha value is -2.71. The summed E-state index contributed by atoms with van der Waals surface area (Å²) in [6.07, 6.45) is -4.57. The molecule has 0 atom stereocenters. The van der Waals surface area contributed by atoms with Crippen LogP contribution in [0.5, 0.6) is 0 Å². The smallest absolute Gasteiger partial charge is 0.378 e. The predicted molar refractivity (Wildman–Crippen MR) is 118 cm³/mol. The van der Waals surface area contributed by atoms with Gasteiger partial charge in [0.15, 0.2) is 0 Å². The molecule has 0 unspecified atom stereocenters. The van der Waals surface area contributed by atoms with Gasteiger partial charge >= 0.3 is 6.18 Å². The quantitative estimate of drug-likeness (QED) is 0.531. The van der Waals surface area contributed by atoms with Crippen LogP contribution >= 0.6 is 11.8 Å². The molecule has 162 valence electrons. The minimum atomic E-state index is -4.57. The molecule has 1 heterocycles. The van der Waals surface area contributed by atoms with E-state index in [0.717, 1.165) is 21.7 Å². The summed E-state index contributed by atoms with van der Waals surface area (Å²) in [5.74, 6) is -0.469. The van der Waals surface area contributed by atoms with Crippen LogP contribution in [-0.4, -0.2) is 38.0 Å². The molecule has 0 radical (unpaired) electrons. The number of benzene rings is 3. The van der Waals surface area contributed by atoms with Gasteiger partial charge in [0.2, 0.25) is 5.91 Å². The summed E-state index contributed by atoms with van der Waals surface area (Å²) in [7, 11) is 0. The van der Waals surface area contributed by atoms with Crippen LogP contribution in [0.1, 0.15) is 5.56 Å². The molecule has 1 aliphatic heterocycles. The van der Waals surface area contributed by atoms with E-state index < -0.39 is 17.6 Å². The summed E-state index contributed by atoms with van der Waals surface area (Å²) < 4.78 is 46.2. The van der Waals surface area contributed by atoms with E-state index in [-0.39, 0.29) is 11.4 Å². The van der Waals surface area contributed by atoms with Gasteiger partial charge in [0, 0.05) is 23.7 Å². The van der Waals surface area contributed by atoms with Gasteiger partial charge in [0.1, 0.15) is 0 Å². The Kier molecular flexibility index (Phi) is 6.38. The zero-order valence-electron chi connectivity index (χ0n) is 16.6. The average Bonchev–Trinajstić information content (AvgIpc) is 2.77. The summed E-state index contributed by atoms with van der Waals surface area (Å²) >= 11 is 1.29. The van der Waals surface area contributed by atoms with E-state index in [1.54, 1.807) is 6.07 Å². The van der Waals surface area contributed by atoms with E-state index >= 15 is 0 Å². The molecule has 8 heteroatoms. The van der Waals surface area contributed by atoms with Crippen molar-refractivity contribution in [2.45, 2.75) is 11.1 Å². The van der Waals surface area contributed by atoms with Gasteiger partial charge in [-0.05, 0) is 41.1 Å². The molecule has 0 aromatic heterocycles. The lowest BCUT2D eigenvalue weighted by Gasteiger charge is -2.29. The summed E-state index contributed by atoms with van der Waals surface area (Å²) in [6, 6.07) is 17.7. The third-order valence-corrected chi connectivity index (χ3v) is 6.04. The average molecular weight is 446 g/mol. The maximum Gasteiger partial charge on any atom is 0.418 e. The van der Waals surface area contributed by atoms with Gasteiger partial charge in [-0.3, -0.25) is 4.79 Å². The van der Waals surface area contributed by atoms with Gasteiger partial charge < -0.3 is 15.0 Å². The molecule has 0 aliphatic carbocycles. The van der Waals surface area contributed by atoms with E-state index in [0.29, 0.717) is 32.0 Å². The number of carbonyl (C=O) groups excluding carboxylic acids is 1. The highest BCUT2D eigenvalue weighted by Crippen LogP contribution is 2.37. The molecule has 1 fully saturated rings. The Morgan fingerprint density at radius 3 is 2.48 bits per heavy atom. The normalized spacial score (nSPS) is 14.6. The molecular formula is C23H21F3N2O2S. The fourth-order valence-corrected chi connectivity index (χ4v) is 4.23. The number of alkyl halides is 3. The van der Waals surface area contributed by atoms with Crippen molar-refractivity contribution in [1.82, 2.24) is 0 Å². The Labute approximate surface area is 182 Å². The van der Waals surface area contributed by atoms with Gasteiger partial charge in [0.05, 0.1) is 30.2 Å². The number of fused-ring (bicyclic) bond motifs is 1. The van der Waals surface area contributed by atoms with Crippen LogP contribution in [0.15, 0.2) is 65.6 Å². The summed E-state index contributed by atoms with van der Waals surface area (Å²) in [6.45, 7) is 2.02. The Bertz CT molecular complexity index is 1080. The molecule has 0 bridgehead atoms. The fraction of sp³-hybridized carbons (Fsp3) is 0.261. The molecule has 1 saturated heterocycles. The number of anilines is 2. The van der Waals surface area contributed by atoms with Crippen LogP contribution in [0.4, 0.5) is 24.5 Å². The van der Waals surface area contributed by atoms with Crippen molar-refractivity contribution in [1.29, 1.82) is 0 Å². The number of hydrogen-bond acceptors (Lipinski definition) is 4. The van der Waals surface area contributed by atoms with E-state index in [4.69, 9.17) is 4.74 Å². The standard InChI is InChI=1S/C23H21F3N2O2S/c24-23(25,26)20-14-18(28-9-11-30-12-10-28)6-8-21(20)27-22(29)15-31-19-7-5-16-3-1-2-4-17(16)13-19/h1-8,13-14H,9-12,15H2,(H,27,29). The fourth-order valence-electron chi connectivity index (χ4n) is 3.49. The second-order valence-corrected chi connectivity index (χ2v) is 8.22. The van der Waals surface area contributed by atoms with Gasteiger partial charge in [-0.15, -0.1) is 11.8 Å². The third kappa shape index (κ3) is 5.32. The molecular weight excluding hydrogens is 425 g/mol. The van der Waals surface area contributed by atoms with Crippen LogP contribution in [0.2, 0.25) is 0 Å². The van der Waals surface area contributed by atoms with Crippen LogP contribution in [0.3, 0.4) is 0 Å². The Morgan fingerprint density at radius 2 is 1.74 bits per heavy atom. The molecule has 31 heavy (non-hydrogen) atoms. The largest absolute Gasteiger partial charge is 0.418 e. The first-order valence-corrected chi connectivity index (χ1v) is 10.8. The SMILES string of the molecule is O=C(CSc1ccc2ccccc2c1)Nc1ccc(N2CCOCC2)cc1C(F)(F)F. The maximum atomic E-state index is 13.6. The second-order valence-electron chi connectivity index (χ2n) is 7.17. The molecule has 0 spiro atoms. The minimum Gasteiger partial charge on any atom is -0.378 e. The van der Waals surface area contributed by atoms with E-state index in [9.17, 15) is 18.0 Å². The molecule has 4 rings (SSSR count). The first kappa shape index (κ1) is 21.5. The van der Waals surface area contributed by atoms with Crippen molar-refractivity contribution in [2.24, 2.45) is 0 Å². The molecule has 3 aromatic rings. The lowest BCUT2D eigenvalue weighted by atomic mass is 10.1. The van der Waals surface area contributed by atoms with Gasteiger partial charge in [-0.2, -0.15) is 13.2 Å². The zero-order valence-corrected chi connectivity index (χ0v) is 17.4. The number of nitrogens with zero attached hydrogens (tertiary/aromatic N) is 1. The minimum absolute atomic E-state index is 0.0147. The number of morpholine rings is 1. The number of amides is 1. The summed E-state index contributed by atoms with van der Waals surface area (Å²) in [5.41, 5.74) is -0.603. The van der Waals surface area contributed by atoms with E-state index in [1.165, 1.54) is 17.8 Å². The third-order valence-electron chi connectivity index (χ3n) is 5.05. The Balaban J connectivity index is 1.46. The topological polar surface area (TPSA) is 41.6 Å². The summed E-state index contributed by atoms with van der Waals surface area (Å²) in [4.78, 5) is 15.1. The number of thioether (sulfide) groups is 1. The highest BCUT2D eigenvalue weighted by Gasteiger charge is 2.34. The van der Waals surface area contributed by atoms with Crippen molar-refractivity contribution in [3.8, 4) is 0 Å². The number of nitrogens with one attached hydrogen (secondary N) is 1. The lowest BCUT2D eigenvalue weighted by Crippen LogP contribution is -2.36. The van der Waals surface area contributed by atoms with Crippen LogP contribution in [-0.2, 0) is 15.7 Å². The van der Waals surface area contributed by atoms with Crippen molar-refractivity contribution in [3.05, 3.63) is 66.2 Å². The summed E-state index contributed by atoms with van der Waals surface area (Å²) in [5, 5.41) is 4.57. The maximum absolute atomic E-state index is 13.6. The van der Waals surface area contributed by atoms with E-state index in [2.05, 4.69) is 5.32 Å². The zero-order chi connectivity index (χ0) is 21.8. The van der Waals surface area contributed by atoms with Crippen molar-refractivity contribution in [3.63, 3.8) is 0 Å². The number of carbonyl (C=O) groups is 1. The molecule has 1 aliphatic rings. The van der Waals surface area contributed by atoms with Crippen molar-refractivity contribution in [2.75, 3.05) is 42.3 Å².